The molecule has 0 aliphatic rings. The van der Waals surface area contributed by atoms with Crippen LogP contribution in [0.3, 0.4) is 0 Å². The fraction of sp³-hybridized carbons (Fsp3) is 0.0909. The van der Waals surface area contributed by atoms with E-state index in [2.05, 4.69) is 4.37 Å². The molecule has 2 aromatic rings. The number of carbonyl (C=O) groups is 1. The average molecular weight is 203 g/mol. The fourth-order valence-electron chi connectivity index (χ4n) is 1.28. The number of hydrogen-bond acceptors (Lipinski definition) is 3. The van der Waals surface area contributed by atoms with Crippen molar-refractivity contribution in [1.82, 2.24) is 4.37 Å². The van der Waals surface area contributed by atoms with Crippen molar-refractivity contribution in [3.63, 3.8) is 0 Å². The van der Waals surface area contributed by atoms with Crippen molar-refractivity contribution < 1.29 is 4.79 Å². The Morgan fingerprint density at radius 1 is 1.29 bits per heavy atom. The van der Waals surface area contributed by atoms with Crippen LogP contribution in [0.25, 0.3) is 0 Å². The Kier molecular flexibility index (Phi) is 2.70. The Bertz CT molecular complexity index is 422. The van der Waals surface area contributed by atoms with Crippen LogP contribution in [0, 0.1) is 0 Å². The number of rotatable bonds is 3. The van der Waals surface area contributed by atoms with Crippen molar-refractivity contribution in [1.29, 1.82) is 0 Å². The van der Waals surface area contributed by atoms with E-state index in [1.54, 1.807) is 6.20 Å². The first kappa shape index (κ1) is 9.09. The summed E-state index contributed by atoms with van der Waals surface area (Å²) in [6.45, 7) is 0. The average Bonchev–Trinajstić information content (AvgIpc) is 2.67. The second kappa shape index (κ2) is 4.15. The molecule has 0 atom stereocenters. The first-order valence-corrected chi connectivity index (χ1v) is 5.10. The standard InChI is InChI=1S/C11H9NOS/c13-8-10-7-12-14-11(10)6-9-4-2-1-3-5-9/h1-5,7-8H,6H2. The molecule has 0 saturated heterocycles. The van der Waals surface area contributed by atoms with Crippen molar-refractivity contribution in [3.05, 3.63) is 52.5 Å². The van der Waals surface area contributed by atoms with Crippen LogP contribution in [0.2, 0.25) is 0 Å². The minimum absolute atomic E-state index is 0.707. The van der Waals surface area contributed by atoms with Crippen molar-refractivity contribution in [2.24, 2.45) is 0 Å². The maximum Gasteiger partial charge on any atom is 0.152 e. The number of hydrogen-bond donors (Lipinski definition) is 0. The summed E-state index contributed by atoms with van der Waals surface area (Å²) in [7, 11) is 0. The molecule has 70 valence electrons. The summed E-state index contributed by atoms with van der Waals surface area (Å²) in [6, 6.07) is 10.1. The number of nitrogens with zero attached hydrogens (tertiary/aromatic N) is 1. The van der Waals surface area contributed by atoms with Crippen LogP contribution in [0.5, 0.6) is 0 Å². The minimum Gasteiger partial charge on any atom is -0.298 e. The molecule has 0 bridgehead atoms. The first-order valence-electron chi connectivity index (χ1n) is 4.33. The van der Waals surface area contributed by atoms with Crippen LogP contribution in [-0.2, 0) is 6.42 Å². The van der Waals surface area contributed by atoms with Gasteiger partial charge >= 0.3 is 0 Å². The molecule has 1 aromatic carbocycles. The Hall–Kier alpha value is -1.48. The summed E-state index contributed by atoms with van der Waals surface area (Å²) in [5.74, 6) is 0. The summed E-state index contributed by atoms with van der Waals surface area (Å²) in [5, 5.41) is 0. The van der Waals surface area contributed by atoms with Gasteiger partial charge in [-0.25, -0.2) is 4.37 Å². The topological polar surface area (TPSA) is 30.0 Å². The molecule has 0 aliphatic heterocycles. The minimum atomic E-state index is 0.707. The van der Waals surface area contributed by atoms with Crippen LogP contribution in [0.4, 0.5) is 0 Å². The van der Waals surface area contributed by atoms with Crippen molar-refractivity contribution >= 4 is 17.8 Å². The van der Waals surface area contributed by atoms with E-state index in [0.717, 1.165) is 17.6 Å². The molecule has 0 saturated carbocycles. The highest BCUT2D eigenvalue weighted by Gasteiger charge is 2.04. The summed E-state index contributed by atoms with van der Waals surface area (Å²) in [4.78, 5) is 11.7. The van der Waals surface area contributed by atoms with Gasteiger partial charge in [-0.1, -0.05) is 30.3 Å². The summed E-state index contributed by atoms with van der Waals surface area (Å²) >= 11 is 1.39. The lowest BCUT2D eigenvalue weighted by Crippen LogP contribution is -1.88. The van der Waals surface area contributed by atoms with Crippen molar-refractivity contribution in [2.75, 3.05) is 0 Å². The molecule has 14 heavy (non-hydrogen) atoms. The second-order valence-corrected chi connectivity index (χ2v) is 3.87. The first-order chi connectivity index (χ1) is 6.90. The molecule has 0 amide bonds. The van der Waals surface area contributed by atoms with Gasteiger partial charge in [-0.15, -0.1) is 0 Å². The van der Waals surface area contributed by atoms with Crippen molar-refractivity contribution in [3.8, 4) is 0 Å². The molecule has 0 aliphatic carbocycles. The lowest BCUT2D eigenvalue weighted by Gasteiger charge is -1.97. The van der Waals surface area contributed by atoms with E-state index >= 15 is 0 Å². The number of benzene rings is 1. The largest absolute Gasteiger partial charge is 0.298 e. The smallest absolute Gasteiger partial charge is 0.152 e. The van der Waals surface area contributed by atoms with Crippen LogP contribution >= 0.6 is 11.5 Å². The van der Waals surface area contributed by atoms with E-state index in [1.807, 2.05) is 30.3 Å². The predicted molar refractivity (Wildman–Crippen MR) is 56.7 cm³/mol. The van der Waals surface area contributed by atoms with Crippen LogP contribution in [-0.4, -0.2) is 10.7 Å². The SMILES string of the molecule is O=Cc1cnsc1Cc1ccccc1. The highest BCUT2D eigenvalue weighted by atomic mass is 32.1. The Morgan fingerprint density at radius 2 is 2.07 bits per heavy atom. The van der Waals surface area contributed by atoms with E-state index in [4.69, 9.17) is 0 Å². The molecule has 3 heteroatoms. The quantitative estimate of drug-likeness (QED) is 0.717. The number of aldehydes is 1. The molecule has 1 aromatic heterocycles. The third kappa shape index (κ3) is 1.88. The highest BCUT2D eigenvalue weighted by molar-refractivity contribution is 7.06. The third-order valence-electron chi connectivity index (χ3n) is 2.01. The van der Waals surface area contributed by atoms with E-state index in [-0.39, 0.29) is 0 Å². The molecular weight excluding hydrogens is 194 g/mol. The lowest BCUT2D eigenvalue weighted by atomic mass is 10.1. The maximum atomic E-state index is 10.6. The molecule has 2 rings (SSSR count). The third-order valence-corrected chi connectivity index (χ3v) is 2.82. The summed E-state index contributed by atoms with van der Waals surface area (Å²) < 4.78 is 4.00. The normalized spacial score (nSPS) is 10.0. The zero-order valence-electron chi connectivity index (χ0n) is 7.51. The van der Waals surface area contributed by atoms with Gasteiger partial charge in [0.25, 0.3) is 0 Å². The van der Waals surface area contributed by atoms with E-state index in [0.29, 0.717) is 5.56 Å². The van der Waals surface area contributed by atoms with Gasteiger partial charge in [-0.2, -0.15) is 0 Å². The zero-order valence-corrected chi connectivity index (χ0v) is 8.33. The second-order valence-electron chi connectivity index (χ2n) is 2.98. The molecule has 0 fully saturated rings. The van der Waals surface area contributed by atoms with Crippen molar-refractivity contribution in [2.45, 2.75) is 6.42 Å². The highest BCUT2D eigenvalue weighted by Crippen LogP contribution is 2.16. The molecule has 0 spiro atoms. The van der Waals surface area contributed by atoms with Gasteiger partial charge in [0.1, 0.15) is 0 Å². The summed E-state index contributed by atoms with van der Waals surface area (Å²) in [6.07, 6.45) is 3.28. The summed E-state index contributed by atoms with van der Waals surface area (Å²) in [5.41, 5.74) is 1.92. The molecule has 2 nitrogen and oxygen atoms in total. The fourth-order valence-corrected chi connectivity index (χ4v) is 2.01. The molecule has 0 radical (unpaired) electrons. The molecule has 0 unspecified atom stereocenters. The van der Waals surface area contributed by atoms with Gasteiger partial charge in [0.2, 0.25) is 0 Å². The number of carbonyl (C=O) groups excluding carboxylic acids is 1. The van der Waals surface area contributed by atoms with Gasteiger partial charge in [-0.05, 0) is 17.1 Å². The molecule has 0 N–H and O–H groups in total. The van der Waals surface area contributed by atoms with E-state index < -0.39 is 0 Å². The van der Waals surface area contributed by atoms with E-state index in [1.165, 1.54) is 17.1 Å². The van der Waals surface area contributed by atoms with Crippen LogP contribution < -0.4 is 0 Å². The van der Waals surface area contributed by atoms with Gasteiger partial charge in [0, 0.05) is 16.9 Å². The van der Waals surface area contributed by atoms with Gasteiger partial charge in [0.15, 0.2) is 6.29 Å². The Balaban J connectivity index is 2.23. The lowest BCUT2D eigenvalue weighted by molar-refractivity contribution is 0.112. The monoisotopic (exact) mass is 203 g/mol. The van der Waals surface area contributed by atoms with E-state index in [9.17, 15) is 4.79 Å². The van der Waals surface area contributed by atoms with Crippen LogP contribution in [0.15, 0.2) is 36.5 Å². The van der Waals surface area contributed by atoms with Crippen LogP contribution in [0.1, 0.15) is 20.8 Å². The Labute approximate surface area is 86.4 Å². The zero-order chi connectivity index (χ0) is 9.80. The Morgan fingerprint density at radius 3 is 2.79 bits per heavy atom. The van der Waals surface area contributed by atoms with Gasteiger partial charge in [0.05, 0.1) is 6.20 Å². The molecule has 1 heterocycles. The predicted octanol–water partition coefficient (Wildman–Crippen LogP) is 2.55. The van der Waals surface area contributed by atoms with Gasteiger partial charge in [-0.3, -0.25) is 4.79 Å². The maximum absolute atomic E-state index is 10.6. The molecular formula is C11H9NOS. The van der Waals surface area contributed by atoms with Gasteiger partial charge < -0.3 is 0 Å². The number of aromatic nitrogens is 1.